The maximum Gasteiger partial charge on any atom is 0.163 e. The SMILES string of the molecule is CC(=O)c1c(F)cccc1Sc1ncnc2ccccc12. The van der Waals surface area contributed by atoms with Gasteiger partial charge in [-0.3, -0.25) is 4.79 Å². The van der Waals surface area contributed by atoms with Crippen molar-refractivity contribution in [2.45, 2.75) is 16.8 Å². The van der Waals surface area contributed by atoms with Crippen molar-refractivity contribution in [2.24, 2.45) is 0 Å². The van der Waals surface area contributed by atoms with Crippen LogP contribution in [0.1, 0.15) is 17.3 Å². The summed E-state index contributed by atoms with van der Waals surface area (Å²) in [5.74, 6) is -0.806. The highest BCUT2D eigenvalue weighted by Gasteiger charge is 2.15. The van der Waals surface area contributed by atoms with E-state index in [1.165, 1.54) is 31.1 Å². The van der Waals surface area contributed by atoms with Gasteiger partial charge in [-0.25, -0.2) is 14.4 Å². The normalized spacial score (nSPS) is 10.8. The van der Waals surface area contributed by atoms with Gasteiger partial charge in [-0.1, -0.05) is 36.0 Å². The van der Waals surface area contributed by atoms with E-state index < -0.39 is 5.82 Å². The fourth-order valence-corrected chi connectivity index (χ4v) is 3.18. The Labute approximate surface area is 125 Å². The fourth-order valence-electron chi connectivity index (χ4n) is 2.10. The smallest absolute Gasteiger partial charge is 0.163 e. The summed E-state index contributed by atoms with van der Waals surface area (Å²) in [6.07, 6.45) is 1.47. The summed E-state index contributed by atoms with van der Waals surface area (Å²) in [4.78, 5) is 20.7. The van der Waals surface area contributed by atoms with Crippen molar-refractivity contribution in [1.29, 1.82) is 0 Å². The summed E-state index contributed by atoms with van der Waals surface area (Å²) in [6, 6.07) is 12.2. The molecule has 0 atom stereocenters. The zero-order valence-corrected chi connectivity index (χ0v) is 12.0. The molecule has 0 aliphatic heterocycles. The molecule has 21 heavy (non-hydrogen) atoms. The van der Waals surface area contributed by atoms with Crippen molar-refractivity contribution in [3.63, 3.8) is 0 Å². The first-order chi connectivity index (χ1) is 10.2. The van der Waals surface area contributed by atoms with Crippen LogP contribution in [0, 0.1) is 5.82 Å². The van der Waals surface area contributed by atoms with Crippen LogP contribution in [0.15, 0.2) is 58.7 Å². The van der Waals surface area contributed by atoms with Gasteiger partial charge in [0.2, 0.25) is 0 Å². The Balaban J connectivity index is 2.12. The number of Topliss-reactive ketones (excluding diaryl/α,β-unsaturated/α-hetero) is 1. The lowest BCUT2D eigenvalue weighted by atomic mass is 10.1. The van der Waals surface area contributed by atoms with E-state index in [0.29, 0.717) is 9.92 Å². The number of hydrogen-bond donors (Lipinski definition) is 0. The lowest BCUT2D eigenvalue weighted by Crippen LogP contribution is -2.00. The minimum absolute atomic E-state index is 0.102. The minimum Gasteiger partial charge on any atom is -0.294 e. The van der Waals surface area contributed by atoms with Crippen molar-refractivity contribution in [3.8, 4) is 0 Å². The molecule has 0 amide bonds. The number of aromatic nitrogens is 2. The average Bonchev–Trinajstić information content (AvgIpc) is 2.47. The third kappa shape index (κ3) is 2.64. The largest absolute Gasteiger partial charge is 0.294 e. The van der Waals surface area contributed by atoms with Gasteiger partial charge in [-0.15, -0.1) is 0 Å². The molecule has 0 spiro atoms. The molecule has 3 aromatic rings. The van der Waals surface area contributed by atoms with Crippen LogP contribution in [-0.4, -0.2) is 15.8 Å². The molecule has 0 radical (unpaired) electrons. The van der Waals surface area contributed by atoms with E-state index in [2.05, 4.69) is 9.97 Å². The molecule has 0 fully saturated rings. The summed E-state index contributed by atoms with van der Waals surface area (Å²) in [5, 5.41) is 1.58. The fraction of sp³-hybridized carbons (Fsp3) is 0.0625. The molecule has 5 heteroatoms. The number of halogens is 1. The third-order valence-corrected chi connectivity index (χ3v) is 4.12. The molecule has 0 aliphatic rings. The van der Waals surface area contributed by atoms with E-state index in [-0.39, 0.29) is 11.3 Å². The van der Waals surface area contributed by atoms with E-state index in [9.17, 15) is 9.18 Å². The molecule has 0 bridgehead atoms. The van der Waals surface area contributed by atoms with Crippen LogP contribution >= 0.6 is 11.8 Å². The Bertz CT molecular complexity index is 830. The summed E-state index contributed by atoms with van der Waals surface area (Å²) < 4.78 is 13.9. The number of hydrogen-bond acceptors (Lipinski definition) is 4. The van der Waals surface area contributed by atoms with Crippen LogP contribution in [0.5, 0.6) is 0 Å². The van der Waals surface area contributed by atoms with E-state index in [0.717, 1.165) is 10.9 Å². The monoisotopic (exact) mass is 298 g/mol. The van der Waals surface area contributed by atoms with Crippen molar-refractivity contribution in [2.75, 3.05) is 0 Å². The highest BCUT2D eigenvalue weighted by atomic mass is 32.2. The first kappa shape index (κ1) is 13.7. The quantitative estimate of drug-likeness (QED) is 0.539. The summed E-state index contributed by atoms with van der Waals surface area (Å²) in [5.41, 5.74) is 0.918. The second-order valence-corrected chi connectivity index (χ2v) is 5.50. The van der Waals surface area contributed by atoms with E-state index in [1.807, 2.05) is 24.3 Å². The molecule has 3 rings (SSSR count). The van der Waals surface area contributed by atoms with Crippen LogP contribution in [0.25, 0.3) is 10.9 Å². The second kappa shape index (κ2) is 5.61. The molecule has 0 unspecified atom stereocenters. The zero-order valence-electron chi connectivity index (χ0n) is 11.2. The van der Waals surface area contributed by atoms with Crippen molar-refractivity contribution >= 4 is 28.4 Å². The second-order valence-electron chi connectivity index (χ2n) is 4.47. The first-order valence-corrected chi connectivity index (χ1v) is 7.15. The Kier molecular flexibility index (Phi) is 3.66. The number of carbonyl (C=O) groups is 1. The number of benzene rings is 2. The Morgan fingerprint density at radius 3 is 2.71 bits per heavy atom. The van der Waals surface area contributed by atoms with Gasteiger partial charge in [0.05, 0.1) is 11.1 Å². The van der Waals surface area contributed by atoms with Crippen LogP contribution in [-0.2, 0) is 0 Å². The predicted octanol–water partition coefficient (Wildman–Crippen LogP) is 4.12. The molecule has 0 N–H and O–H groups in total. The number of nitrogens with zero attached hydrogens (tertiary/aromatic N) is 2. The number of para-hydroxylation sites is 1. The van der Waals surface area contributed by atoms with Gasteiger partial charge in [0, 0.05) is 10.3 Å². The lowest BCUT2D eigenvalue weighted by molar-refractivity contribution is 0.101. The van der Waals surface area contributed by atoms with Crippen LogP contribution in [0.2, 0.25) is 0 Å². The van der Waals surface area contributed by atoms with Gasteiger partial charge in [-0.2, -0.15) is 0 Å². The van der Waals surface area contributed by atoms with Gasteiger partial charge >= 0.3 is 0 Å². The van der Waals surface area contributed by atoms with E-state index in [4.69, 9.17) is 0 Å². The Morgan fingerprint density at radius 2 is 1.90 bits per heavy atom. The molecule has 0 aliphatic carbocycles. The first-order valence-electron chi connectivity index (χ1n) is 6.34. The Morgan fingerprint density at radius 1 is 1.10 bits per heavy atom. The maximum absolute atomic E-state index is 13.9. The Hall–Kier alpha value is -2.27. The molecule has 1 heterocycles. The maximum atomic E-state index is 13.9. The van der Waals surface area contributed by atoms with Gasteiger partial charge in [0.25, 0.3) is 0 Å². The van der Waals surface area contributed by atoms with Gasteiger partial charge in [0.1, 0.15) is 17.2 Å². The van der Waals surface area contributed by atoms with Crippen LogP contribution in [0.4, 0.5) is 4.39 Å². The molecule has 3 nitrogen and oxygen atoms in total. The zero-order chi connectivity index (χ0) is 14.8. The molecule has 0 saturated carbocycles. The molecule has 2 aromatic carbocycles. The number of ketones is 1. The molecular weight excluding hydrogens is 287 g/mol. The highest BCUT2D eigenvalue weighted by Crippen LogP contribution is 2.34. The molecule has 1 aromatic heterocycles. The summed E-state index contributed by atoms with van der Waals surface area (Å²) in [7, 11) is 0. The van der Waals surface area contributed by atoms with Crippen LogP contribution in [0.3, 0.4) is 0 Å². The van der Waals surface area contributed by atoms with E-state index >= 15 is 0 Å². The van der Waals surface area contributed by atoms with E-state index in [1.54, 1.807) is 12.1 Å². The number of fused-ring (bicyclic) bond motifs is 1. The topological polar surface area (TPSA) is 42.9 Å². The van der Waals surface area contributed by atoms with Gasteiger partial charge in [-0.05, 0) is 25.1 Å². The average molecular weight is 298 g/mol. The van der Waals surface area contributed by atoms with Crippen molar-refractivity contribution in [1.82, 2.24) is 9.97 Å². The third-order valence-electron chi connectivity index (χ3n) is 3.04. The molecule has 104 valence electrons. The lowest BCUT2D eigenvalue weighted by Gasteiger charge is -2.08. The van der Waals surface area contributed by atoms with Crippen molar-refractivity contribution < 1.29 is 9.18 Å². The molecular formula is C16H11FN2OS. The van der Waals surface area contributed by atoms with Crippen molar-refractivity contribution in [3.05, 3.63) is 60.2 Å². The predicted molar refractivity (Wildman–Crippen MR) is 80.1 cm³/mol. The minimum atomic E-state index is -0.508. The number of rotatable bonds is 3. The summed E-state index contributed by atoms with van der Waals surface area (Å²) >= 11 is 1.27. The number of carbonyl (C=O) groups excluding carboxylic acids is 1. The highest BCUT2D eigenvalue weighted by molar-refractivity contribution is 7.99. The molecule has 0 saturated heterocycles. The van der Waals surface area contributed by atoms with Gasteiger partial charge < -0.3 is 0 Å². The standard InChI is InChI=1S/C16H11FN2OS/c1-10(20)15-12(17)6-4-8-14(15)21-16-11-5-2-3-7-13(11)18-9-19-16/h2-9H,1H3. The van der Waals surface area contributed by atoms with Gasteiger partial charge in [0.15, 0.2) is 5.78 Å². The van der Waals surface area contributed by atoms with Crippen LogP contribution < -0.4 is 0 Å². The summed E-state index contributed by atoms with van der Waals surface area (Å²) in [6.45, 7) is 1.36.